The first-order valence-corrected chi connectivity index (χ1v) is 6.46. The van der Waals surface area contributed by atoms with Crippen LogP contribution < -0.4 is 0 Å². The molecule has 0 N–H and O–H groups in total. The fourth-order valence-corrected chi connectivity index (χ4v) is 1.55. The first-order chi connectivity index (χ1) is 9.22. The van der Waals surface area contributed by atoms with Gasteiger partial charge in [-0.3, -0.25) is 0 Å². The average Bonchev–Trinajstić information content (AvgIpc) is 2.48. The second-order valence-corrected chi connectivity index (χ2v) is 4.14. The van der Waals surface area contributed by atoms with Crippen LogP contribution >= 0.6 is 0 Å². The zero-order valence-electron chi connectivity index (χ0n) is 12.2. The monoisotopic (exact) mass is 307 g/mol. The maximum absolute atomic E-state index is 11.2. The van der Waals surface area contributed by atoms with Gasteiger partial charge in [0, 0.05) is 18.6 Å². The second-order valence-electron chi connectivity index (χ2n) is 4.14. The first-order valence-electron chi connectivity index (χ1n) is 6.46. The van der Waals surface area contributed by atoms with Gasteiger partial charge in [0.25, 0.3) is 0 Å². The molecule has 105 valence electrons. The summed E-state index contributed by atoms with van der Waals surface area (Å²) >= 11 is 0. The van der Waals surface area contributed by atoms with Gasteiger partial charge in [-0.2, -0.15) is 0 Å². The van der Waals surface area contributed by atoms with Crippen molar-refractivity contribution < 1.29 is 28.1 Å². The van der Waals surface area contributed by atoms with Crippen molar-refractivity contribution in [3.05, 3.63) is 60.2 Å². The Morgan fingerprint density at radius 3 is 1.80 bits per heavy atom. The minimum absolute atomic E-state index is 0. The fraction of sp³-hybridized carbons (Fsp3) is 0.235. The SMILES string of the molecule is CCC.COC(=O)c1ccc(-c2ccccc2)cc1.[V]. The van der Waals surface area contributed by atoms with E-state index in [0.717, 1.165) is 11.1 Å². The number of benzene rings is 2. The molecule has 0 aliphatic carbocycles. The van der Waals surface area contributed by atoms with Crippen LogP contribution in [-0.2, 0) is 23.3 Å². The van der Waals surface area contributed by atoms with Crippen LogP contribution in [0.2, 0.25) is 0 Å². The summed E-state index contributed by atoms with van der Waals surface area (Å²) in [6, 6.07) is 17.4. The molecule has 0 saturated carbocycles. The van der Waals surface area contributed by atoms with E-state index in [1.165, 1.54) is 13.5 Å². The van der Waals surface area contributed by atoms with Gasteiger partial charge in [0.15, 0.2) is 0 Å². The molecule has 2 aromatic rings. The minimum atomic E-state index is -0.306. The van der Waals surface area contributed by atoms with E-state index < -0.39 is 0 Å². The number of hydrogen-bond acceptors (Lipinski definition) is 2. The van der Waals surface area contributed by atoms with Crippen molar-refractivity contribution in [2.75, 3.05) is 7.11 Å². The summed E-state index contributed by atoms with van der Waals surface area (Å²) < 4.78 is 4.64. The largest absolute Gasteiger partial charge is 0.465 e. The molecule has 2 nitrogen and oxygen atoms in total. The van der Waals surface area contributed by atoms with Crippen LogP contribution in [0.25, 0.3) is 11.1 Å². The zero-order valence-corrected chi connectivity index (χ0v) is 13.6. The summed E-state index contributed by atoms with van der Waals surface area (Å²) in [5.74, 6) is -0.306. The van der Waals surface area contributed by atoms with Gasteiger partial charge in [-0.1, -0.05) is 62.7 Å². The van der Waals surface area contributed by atoms with Crippen LogP contribution in [0.1, 0.15) is 30.6 Å². The van der Waals surface area contributed by atoms with Crippen molar-refractivity contribution in [3.63, 3.8) is 0 Å². The maximum atomic E-state index is 11.2. The number of methoxy groups -OCH3 is 1. The van der Waals surface area contributed by atoms with Gasteiger partial charge < -0.3 is 4.74 Å². The Morgan fingerprint density at radius 1 is 0.900 bits per heavy atom. The summed E-state index contributed by atoms with van der Waals surface area (Å²) in [5, 5.41) is 0. The topological polar surface area (TPSA) is 26.3 Å². The molecule has 3 heteroatoms. The summed E-state index contributed by atoms with van der Waals surface area (Å²) in [7, 11) is 1.38. The van der Waals surface area contributed by atoms with E-state index in [1.807, 2.05) is 42.5 Å². The summed E-state index contributed by atoms with van der Waals surface area (Å²) in [6.07, 6.45) is 1.25. The van der Waals surface area contributed by atoms with Crippen molar-refractivity contribution in [2.24, 2.45) is 0 Å². The smallest absolute Gasteiger partial charge is 0.337 e. The second kappa shape index (κ2) is 10.3. The molecular formula is C17H20O2V. The van der Waals surface area contributed by atoms with Gasteiger partial charge >= 0.3 is 5.97 Å². The van der Waals surface area contributed by atoms with E-state index in [0.29, 0.717) is 5.56 Å². The number of carbonyl (C=O) groups is 1. The first kappa shape index (κ1) is 18.5. The van der Waals surface area contributed by atoms with Gasteiger partial charge in [0.2, 0.25) is 0 Å². The number of esters is 1. The third kappa shape index (κ3) is 5.64. The normalized spacial score (nSPS) is 8.75. The molecule has 0 unspecified atom stereocenters. The van der Waals surface area contributed by atoms with Crippen molar-refractivity contribution in [1.29, 1.82) is 0 Å². The molecule has 0 saturated heterocycles. The van der Waals surface area contributed by atoms with Crippen molar-refractivity contribution in [1.82, 2.24) is 0 Å². The molecule has 0 aromatic heterocycles. The number of carbonyl (C=O) groups excluding carboxylic acids is 1. The van der Waals surface area contributed by atoms with E-state index in [4.69, 9.17) is 0 Å². The number of rotatable bonds is 2. The van der Waals surface area contributed by atoms with Gasteiger partial charge in [0.1, 0.15) is 0 Å². The van der Waals surface area contributed by atoms with E-state index >= 15 is 0 Å². The molecule has 2 rings (SSSR count). The van der Waals surface area contributed by atoms with Crippen LogP contribution in [-0.4, -0.2) is 13.1 Å². The van der Waals surface area contributed by atoms with Crippen molar-refractivity contribution >= 4 is 5.97 Å². The molecule has 0 bridgehead atoms. The van der Waals surface area contributed by atoms with E-state index in [-0.39, 0.29) is 24.5 Å². The predicted octanol–water partition coefficient (Wildman–Crippen LogP) is 4.55. The standard InChI is InChI=1S/C14H12O2.C3H8.V/c1-16-14(15)13-9-7-12(8-10-13)11-5-3-2-4-6-11;1-3-2;/h2-10H,1H3;3H2,1-2H3;. The zero-order chi connectivity index (χ0) is 14.1. The molecule has 0 amide bonds. The van der Waals surface area contributed by atoms with Crippen LogP contribution in [0.4, 0.5) is 0 Å². The third-order valence-electron chi connectivity index (χ3n) is 2.41. The minimum Gasteiger partial charge on any atom is -0.465 e. The van der Waals surface area contributed by atoms with Crippen LogP contribution in [0.3, 0.4) is 0 Å². The van der Waals surface area contributed by atoms with Crippen molar-refractivity contribution in [2.45, 2.75) is 20.3 Å². The molecule has 0 heterocycles. The molecule has 1 radical (unpaired) electrons. The molecule has 0 fully saturated rings. The van der Waals surface area contributed by atoms with Crippen LogP contribution in [0.5, 0.6) is 0 Å². The molecule has 20 heavy (non-hydrogen) atoms. The molecule has 0 aliphatic rings. The third-order valence-corrected chi connectivity index (χ3v) is 2.41. The van der Waals surface area contributed by atoms with Crippen molar-refractivity contribution in [3.8, 4) is 11.1 Å². The Bertz CT molecular complexity index is 492. The average molecular weight is 307 g/mol. The quantitative estimate of drug-likeness (QED) is 0.761. The molecule has 0 aliphatic heterocycles. The fourth-order valence-electron chi connectivity index (χ4n) is 1.55. The Hall–Kier alpha value is -1.51. The van der Waals surface area contributed by atoms with Gasteiger partial charge in [-0.15, -0.1) is 0 Å². The molecule has 0 atom stereocenters. The van der Waals surface area contributed by atoms with E-state index in [9.17, 15) is 4.79 Å². The van der Waals surface area contributed by atoms with Crippen LogP contribution in [0.15, 0.2) is 54.6 Å². The summed E-state index contributed by atoms with van der Waals surface area (Å²) in [5.41, 5.74) is 2.80. The summed E-state index contributed by atoms with van der Waals surface area (Å²) in [6.45, 7) is 4.25. The summed E-state index contributed by atoms with van der Waals surface area (Å²) in [4.78, 5) is 11.2. The Kier molecular flexibility index (Phi) is 9.53. The predicted molar refractivity (Wildman–Crippen MR) is 79.2 cm³/mol. The Morgan fingerprint density at radius 2 is 1.35 bits per heavy atom. The van der Waals surface area contributed by atoms with E-state index in [2.05, 4.69) is 18.6 Å². The Labute approximate surface area is 133 Å². The number of hydrogen-bond donors (Lipinski definition) is 0. The van der Waals surface area contributed by atoms with Gasteiger partial charge in [-0.25, -0.2) is 4.79 Å². The molecular weight excluding hydrogens is 287 g/mol. The van der Waals surface area contributed by atoms with E-state index in [1.54, 1.807) is 12.1 Å². The maximum Gasteiger partial charge on any atom is 0.337 e. The molecule has 0 spiro atoms. The van der Waals surface area contributed by atoms with Gasteiger partial charge in [-0.05, 0) is 23.3 Å². The Balaban J connectivity index is 0.000000830. The molecule has 2 aromatic carbocycles. The van der Waals surface area contributed by atoms with Crippen LogP contribution in [0, 0.1) is 0 Å². The number of ether oxygens (including phenoxy) is 1. The van der Waals surface area contributed by atoms with Gasteiger partial charge in [0.05, 0.1) is 12.7 Å².